The number of piperidine rings is 1. The molecular weight excluding hydrogens is 296 g/mol. The zero-order valence-corrected chi connectivity index (χ0v) is 13.1. The zero-order valence-electron chi connectivity index (χ0n) is 11.5. The van der Waals surface area contributed by atoms with Gasteiger partial charge in [-0.1, -0.05) is 6.07 Å². The first kappa shape index (κ1) is 15.5. The van der Waals surface area contributed by atoms with E-state index in [0.717, 1.165) is 12.7 Å². The highest BCUT2D eigenvalue weighted by Gasteiger charge is 2.48. The van der Waals surface area contributed by atoms with Gasteiger partial charge >= 0.3 is 0 Å². The predicted molar refractivity (Wildman–Crippen MR) is 80.7 cm³/mol. The van der Waals surface area contributed by atoms with Gasteiger partial charge in [0.05, 0.1) is 0 Å². The van der Waals surface area contributed by atoms with Crippen LogP contribution < -0.4 is 10.6 Å². The second kappa shape index (κ2) is 6.24. The van der Waals surface area contributed by atoms with Crippen LogP contribution in [0.3, 0.4) is 0 Å². The fraction of sp³-hybridized carbons (Fsp3) is 0.615. The van der Waals surface area contributed by atoms with E-state index in [1.54, 1.807) is 11.3 Å². The Kier molecular flexibility index (Phi) is 4.82. The van der Waals surface area contributed by atoms with Gasteiger partial charge < -0.3 is 10.6 Å². The van der Waals surface area contributed by atoms with E-state index in [9.17, 15) is 13.2 Å². The van der Waals surface area contributed by atoms with Crippen molar-refractivity contribution in [3.8, 4) is 0 Å². The lowest BCUT2D eigenvalue weighted by molar-refractivity contribution is -0.124. The zero-order chi connectivity index (χ0) is 14.6. The van der Waals surface area contributed by atoms with Gasteiger partial charge in [-0.05, 0) is 43.8 Å². The van der Waals surface area contributed by atoms with Crippen LogP contribution in [0.4, 0.5) is 0 Å². The SMILES string of the molecule is CS(=O)(=O)C1(C(=O)NCCc2cccs2)CCNCC1. The standard InChI is InChI=1S/C13H20N2O3S2/c1-20(17,18)13(5-8-14-9-6-13)12(16)15-7-4-11-3-2-10-19-11/h2-3,10,14H,4-9H2,1H3,(H,15,16). The van der Waals surface area contributed by atoms with Crippen LogP contribution in [0.2, 0.25) is 0 Å². The molecule has 5 nitrogen and oxygen atoms in total. The second-order valence-electron chi connectivity index (χ2n) is 5.10. The molecule has 0 spiro atoms. The van der Waals surface area contributed by atoms with Crippen LogP contribution in [0, 0.1) is 0 Å². The Morgan fingerprint density at radius 1 is 1.45 bits per heavy atom. The summed E-state index contributed by atoms with van der Waals surface area (Å²) in [6, 6.07) is 3.97. The van der Waals surface area contributed by atoms with Crippen LogP contribution >= 0.6 is 11.3 Å². The van der Waals surface area contributed by atoms with Gasteiger partial charge in [-0.3, -0.25) is 4.79 Å². The number of rotatable bonds is 5. The topological polar surface area (TPSA) is 75.3 Å². The van der Waals surface area contributed by atoms with Crippen molar-refractivity contribution in [1.29, 1.82) is 0 Å². The number of hydrogen-bond acceptors (Lipinski definition) is 5. The van der Waals surface area contributed by atoms with Gasteiger partial charge in [-0.15, -0.1) is 11.3 Å². The molecule has 2 heterocycles. The molecule has 1 saturated heterocycles. The molecule has 0 aliphatic carbocycles. The number of amides is 1. The Labute approximate surface area is 123 Å². The Hall–Kier alpha value is -0.920. The van der Waals surface area contributed by atoms with Crippen molar-refractivity contribution < 1.29 is 13.2 Å². The summed E-state index contributed by atoms with van der Waals surface area (Å²) >= 11 is 1.64. The van der Waals surface area contributed by atoms with Crippen LogP contribution in [-0.4, -0.2) is 45.0 Å². The highest BCUT2D eigenvalue weighted by Crippen LogP contribution is 2.27. The van der Waals surface area contributed by atoms with Crippen molar-refractivity contribution in [3.05, 3.63) is 22.4 Å². The number of nitrogens with one attached hydrogen (secondary N) is 2. The van der Waals surface area contributed by atoms with Gasteiger partial charge in [0.2, 0.25) is 5.91 Å². The third-order valence-corrected chi connectivity index (χ3v) is 6.72. The molecule has 1 aliphatic heterocycles. The molecule has 0 saturated carbocycles. The summed E-state index contributed by atoms with van der Waals surface area (Å²) in [5, 5.41) is 7.89. The number of sulfone groups is 1. The van der Waals surface area contributed by atoms with Crippen LogP contribution in [0.15, 0.2) is 17.5 Å². The summed E-state index contributed by atoms with van der Waals surface area (Å²) in [5.41, 5.74) is 0. The molecule has 0 unspecified atom stereocenters. The number of thiophene rings is 1. The first-order valence-electron chi connectivity index (χ1n) is 6.67. The molecule has 112 valence electrons. The molecule has 0 atom stereocenters. The molecular formula is C13H20N2O3S2. The lowest BCUT2D eigenvalue weighted by Crippen LogP contribution is -2.57. The molecule has 1 aromatic rings. The van der Waals surface area contributed by atoms with E-state index in [1.807, 2.05) is 17.5 Å². The summed E-state index contributed by atoms with van der Waals surface area (Å²) in [6.45, 7) is 1.60. The van der Waals surface area contributed by atoms with Crippen LogP contribution in [0.5, 0.6) is 0 Å². The lowest BCUT2D eigenvalue weighted by Gasteiger charge is -2.34. The Bertz CT molecular complexity index is 546. The van der Waals surface area contributed by atoms with Gasteiger partial charge in [-0.25, -0.2) is 8.42 Å². The smallest absolute Gasteiger partial charge is 0.241 e. The maximum absolute atomic E-state index is 12.4. The maximum Gasteiger partial charge on any atom is 0.241 e. The first-order valence-corrected chi connectivity index (χ1v) is 9.44. The summed E-state index contributed by atoms with van der Waals surface area (Å²) in [4.78, 5) is 13.6. The molecule has 1 amide bonds. The Balaban J connectivity index is 2.00. The largest absolute Gasteiger partial charge is 0.354 e. The lowest BCUT2D eigenvalue weighted by atomic mass is 9.96. The van der Waals surface area contributed by atoms with Crippen molar-refractivity contribution in [3.63, 3.8) is 0 Å². The highest BCUT2D eigenvalue weighted by molar-refractivity contribution is 7.92. The van der Waals surface area contributed by atoms with E-state index in [4.69, 9.17) is 0 Å². The van der Waals surface area contributed by atoms with Crippen molar-refractivity contribution in [1.82, 2.24) is 10.6 Å². The average molecular weight is 316 g/mol. The minimum atomic E-state index is -3.42. The van der Waals surface area contributed by atoms with Gasteiger partial charge in [0.25, 0.3) is 0 Å². The normalized spacial score (nSPS) is 18.6. The summed E-state index contributed by atoms with van der Waals surface area (Å²) < 4.78 is 22.9. The number of hydrogen-bond donors (Lipinski definition) is 2. The van der Waals surface area contributed by atoms with Crippen molar-refractivity contribution in [2.45, 2.75) is 24.0 Å². The molecule has 7 heteroatoms. The van der Waals surface area contributed by atoms with Crippen molar-refractivity contribution in [2.24, 2.45) is 0 Å². The summed E-state index contributed by atoms with van der Waals surface area (Å²) in [7, 11) is -3.42. The monoisotopic (exact) mass is 316 g/mol. The molecule has 0 bridgehead atoms. The predicted octanol–water partition coefficient (Wildman–Crippen LogP) is 0.574. The number of carbonyl (C=O) groups is 1. The minimum Gasteiger partial charge on any atom is -0.354 e. The Morgan fingerprint density at radius 2 is 2.15 bits per heavy atom. The maximum atomic E-state index is 12.4. The molecule has 2 rings (SSSR count). The molecule has 0 aromatic carbocycles. The highest BCUT2D eigenvalue weighted by atomic mass is 32.2. The van der Waals surface area contributed by atoms with E-state index in [0.29, 0.717) is 32.5 Å². The fourth-order valence-corrected chi connectivity index (χ4v) is 4.58. The van der Waals surface area contributed by atoms with Crippen molar-refractivity contribution in [2.75, 3.05) is 25.9 Å². The minimum absolute atomic E-state index is 0.344. The van der Waals surface area contributed by atoms with E-state index in [2.05, 4.69) is 10.6 Å². The van der Waals surface area contributed by atoms with Gasteiger partial charge in [0.15, 0.2) is 14.6 Å². The molecule has 1 aliphatic rings. The fourth-order valence-electron chi connectivity index (χ4n) is 2.51. The van der Waals surface area contributed by atoms with E-state index in [-0.39, 0.29) is 5.91 Å². The molecule has 2 N–H and O–H groups in total. The molecule has 20 heavy (non-hydrogen) atoms. The van der Waals surface area contributed by atoms with Gasteiger partial charge in [0.1, 0.15) is 0 Å². The summed E-state index contributed by atoms with van der Waals surface area (Å²) in [5.74, 6) is -0.349. The quantitative estimate of drug-likeness (QED) is 0.833. The van der Waals surface area contributed by atoms with E-state index < -0.39 is 14.6 Å². The van der Waals surface area contributed by atoms with Gasteiger partial charge in [-0.2, -0.15) is 0 Å². The van der Waals surface area contributed by atoms with Gasteiger partial charge in [0, 0.05) is 17.7 Å². The summed E-state index contributed by atoms with van der Waals surface area (Å²) in [6.07, 6.45) is 2.59. The van der Waals surface area contributed by atoms with E-state index in [1.165, 1.54) is 4.88 Å². The van der Waals surface area contributed by atoms with E-state index >= 15 is 0 Å². The average Bonchev–Trinajstić information content (AvgIpc) is 2.91. The van der Waals surface area contributed by atoms with Crippen molar-refractivity contribution >= 4 is 27.1 Å². The van der Waals surface area contributed by atoms with Crippen LogP contribution in [-0.2, 0) is 21.1 Å². The third-order valence-electron chi connectivity index (χ3n) is 3.77. The molecule has 1 fully saturated rings. The number of carbonyl (C=O) groups excluding carboxylic acids is 1. The Morgan fingerprint density at radius 3 is 2.70 bits per heavy atom. The molecule has 0 radical (unpaired) electrons. The second-order valence-corrected chi connectivity index (χ2v) is 8.46. The first-order chi connectivity index (χ1) is 9.46. The third kappa shape index (κ3) is 3.21. The molecule has 1 aromatic heterocycles. The van der Waals surface area contributed by atoms with Crippen LogP contribution in [0.25, 0.3) is 0 Å². The van der Waals surface area contributed by atoms with Crippen LogP contribution in [0.1, 0.15) is 17.7 Å².